The molecule has 27 heavy (non-hydrogen) atoms. The molecule has 7 nitrogen and oxygen atoms in total. The average Bonchev–Trinajstić information content (AvgIpc) is 3.12. The third-order valence-corrected chi connectivity index (χ3v) is 3.65. The molecule has 3 aromatic rings. The Morgan fingerprint density at radius 2 is 1.96 bits per heavy atom. The molecule has 2 heterocycles. The van der Waals surface area contributed by atoms with Crippen LogP contribution in [0, 0.1) is 0 Å². The minimum absolute atomic E-state index is 0.247. The second kappa shape index (κ2) is 7.81. The number of aromatic nitrogens is 3. The molecule has 0 aliphatic carbocycles. The van der Waals surface area contributed by atoms with Gasteiger partial charge in [-0.1, -0.05) is 0 Å². The van der Waals surface area contributed by atoms with E-state index in [1.54, 1.807) is 36.4 Å². The number of amides is 1. The summed E-state index contributed by atoms with van der Waals surface area (Å²) in [6.45, 7) is -0.247. The van der Waals surface area contributed by atoms with E-state index < -0.39 is 12.3 Å². The maximum atomic E-state index is 13.2. The molecule has 140 valence electrons. The molecule has 9 heteroatoms. The summed E-state index contributed by atoms with van der Waals surface area (Å²) in [7, 11) is 1.49. The Morgan fingerprint density at radius 1 is 1.22 bits per heavy atom. The van der Waals surface area contributed by atoms with Crippen LogP contribution in [0.3, 0.4) is 0 Å². The van der Waals surface area contributed by atoms with Crippen LogP contribution in [0.2, 0.25) is 0 Å². The van der Waals surface area contributed by atoms with Crippen LogP contribution >= 0.6 is 0 Å². The van der Waals surface area contributed by atoms with Crippen LogP contribution in [0.25, 0.3) is 17.1 Å². The Balaban J connectivity index is 1.97. The van der Waals surface area contributed by atoms with E-state index >= 15 is 0 Å². The number of nitrogens with two attached hydrogens (primary N) is 1. The molecule has 0 atom stereocenters. The molecule has 3 rings (SSSR count). The van der Waals surface area contributed by atoms with E-state index in [-0.39, 0.29) is 12.3 Å². The lowest BCUT2D eigenvalue weighted by molar-refractivity contribution is -0.119. The number of ether oxygens (including phenoxy) is 2. The first-order chi connectivity index (χ1) is 13.0. The molecule has 0 aliphatic rings. The summed E-state index contributed by atoms with van der Waals surface area (Å²) in [5.74, 6) is 0.553. The highest BCUT2D eigenvalue weighted by Gasteiger charge is 2.18. The fourth-order valence-corrected chi connectivity index (χ4v) is 2.39. The molecule has 0 spiro atoms. The Hall–Kier alpha value is -3.49. The van der Waals surface area contributed by atoms with Gasteiger partial charge in [-0.05, 0) is 30.3 Å². The van der Waals surface area contributed by atoms with Crippen molar-refractivity contribution in [3.05, 3.63) is 54.5 Å². The quantitative estimate of drug-likeness (QED) is 0.686. The van der Waals surface area contributed by atoms with Gasteiger partial charge in [-0.2, -0.15) is 0 Å². The molecule has 1 aromatic carbocycles. The molecule has 0 bridgehead atoms. The number of alkyl halides is 2. The lowest BCUT2D eigenvalue weighted by Gasteiger charge is -2.09. The lowest BCUT2D eigenvalue weighted by atomic mass is 10.2. The third kappa shape index (κ3) is 4.20. The van der Waals surface area contributed by atoms with Crippen molar-refractivity contribution in [2.45, 2.75) is 6.43 Å². The van der Waals surface area contributed by atoms with Crippen molar-refractivity contribution < 1.29 is 23.0 Å². The molecule has 2 aromatic heterocycles. The summed E-state index contributed by atoms with van der Waals surface area (Å²) in [5.41, 5.74) is 5.83. The normalized spacial score (nSPS) is 10.8. The van der Waals surface area contributed by atoms with Crippen molar-refractivity contribution in [1.82, 2.24) is 14.5 Å². The first kappa shape index (κ1) is 18.3. The number of rotatable bonds is 7. The summed E-state index contributed by atoms with van der Waals surface area (Å²) >= 11 is 0. The summed E-state index contributed by atoms with van der Waals surface area (Å²) < 4.78 is 38.1. The number of hydrogen-bond donors (Lipinski definition) is 1. The van der Waals surface area contributed by atoms with Crippen LogP contribution in [0.5, 0.6) is 11.6 Å². The molecule has 1 amide bonds. The van der Waals surface area contributed by atoms with E-state index in [9.17, 15) is 13.6 Å². The van der Waals surface area contributed by atoms with Crippen LogP contribution < -0.4 is 15.2 Å². The van der Waals surface area contributed by atoms with Gasteiger partial charge in [-0.15, -0.1) is 0 Å². The Labute approximate surface area is 153 Å². The number of carbonyl (C=O) groups excluding carboxylic acids is 1. The van der Waals surface area contributed by atoms with Gasteiger partial charge in [0, 0.05) is 29.7 Å². The van der Waals surface area contributed by atoms with Gasteiger partial charge in [0.2, 0.25) is 5.88 Å². The summed E-state index contributed by atoms with van der Waals surface area (Å²) in [6, 6.07) is 9.84. The van der Waals surface area contributed by atoms with Crippen LogP contribution in [-0.4, -0.2) is 34.2 Å². The fraction of sp³-hybridized carbons (Fsp3) is 0.167. The monoisotopic (exact) mass is 374 g/mol. The molecule has 0 aliphatic heterocycles. The number of benzene rings is 1. The second-order valence-electron chi connectivity index (χ2n) is 5.50. The maximum absolute atomic E-state index is 13.2. The van der Waals surface area contributed by atoms with E-state index in [1.165, 1.54) is 24.1 Å². The predicted molar refractivity (Wildman–Crippen MR) is 93.0 cm³/mol. The number of hydrogen-bond acceptors (Lipinski definition) is 5. The number of methoxy groups -OCH3 is 1. The molecule has 0 saturated carbocycles. The van der Waals surface area contributed by atoms with Crippen molar-refractivity contribution in [3.63, 3.8) is 0 Å². The third-order valence-electron chi connectivity index (χ3n) is 3.65. The first-order valence-electron chi connectivity index (χ1n) is 7.87. The Kier molecular flexibility index (Phi) is 5.30. The maximum Gasteiger partial charge on any atom is 0.281 e. The zero-order valence-corrected chi connectivity index (χ0v) is 14.3. The molecule has 0 fully saturated rings. The molecule has 0 radical (unpaired) electrons. The number of nitrogens with zero attached hydrogens (tertiary/aromatic N) is 3. The minimum Gasteiger partial charge on any atom is -0.484 e. The van der Waals surface area contributed by atoms with Gasteiger partial charge in [0.1, 0.15) is 17.3 Å². The number of halogens is 2. The SMILES string of the molecule is COc1ccc(-c2nc(C(F)F)cn2-c2ccc(OCC(N)=O)cc2)cn1. The zero-order chi connectivity index (χ0) is 19.4. The lowest BCUT2D eigenvalue weighted by Crippen LogP contribution is -2.19. The van der Waals surface area contributed by atoms with Gasteiger partial charge >= 0.3 is 0 Å². The summed E-state index contributed by atoms with van der Waals surface area (Å²) in [4.78, 5) is 18.9. The predicted octanol–water partition coefficient (Wildman–Crippen LogP) is 2.74. The standard InChI is InChI=1S/C18H16F2N4O3/c1-26-16-7-2-11(8-22-16)18-23-14(17(19)20)9-24(18)12-3-5-13(6-4-12)27-10-15(21)25/h2-9,17H,10H2,1H3,(H2,21,25). The van der Waals surface area contributed by atoms with Gasteiger partial charge in [0.25, 0.3) is 12.3 Å². The van der Waals surface area contributed by atoms with Gasteiger partial charge in [-0.25, -0.2) is 18.7 Å². The molecule has 0 saturated heterocycles. The Morgan fingerprint density at radius 3 is 2.52 bits per heavy atom. The largest absolute Gasteiger partial charge is 0.484 e. The molecular formula is C18H16F2N4O3. The summed E-state index contributed by atoms with van der Waals surface area (Å²) in [6.07, 6.45) is 0.0511. The van der Waals surface area contributed by atoms with Gasteiger partial charge < -0.3 is 15.2 Å². The topological polar surface area (TPSA) is 92.3 Å². The van der Waals surface area contributed by atoms with E-state index in [2.05, 4.69) is 9.97 Å². The highest BCUT2D eigenvalue weighted by Crippen LogP contribution is 2.28. The van der Waals surface area contributed by atoms with E-state index in [4.69, 9.17) is 15.2 Å². The van der Waals surface area contributed by atoms with Crippen molar-refractivity contribution in [2.75, 3.05) is 13.7 Å². The van der Waals surface area contributed by atoms with Gasteiger partial charge in [0.15, 0.2) is 6.61 Å². The molecule has 2 N–H and O–H groups in total. The van der Waals surface area contributed by atoms with E-state index in [0.717, 1.165) is 0 Å². The second-order valence-corrected chi connectivity index (χ2v) is 5.50. The van der Waals surface area contributed by atoms with Crippen LogP contribution in [0.1, 0.15) is 12.1 Å². The van der Waals surface area contributed by atoms with E-state index in [0.29, 0.717) is 28.7 Å². The smallest absolute Gasteiger partial charge is 0.281 e. The average molecular weight is 374 g/mol. The molecular weight excluding hydrogens is 358 g/mol. The van der Waals surface area contributed by atoms with Gasteiger partial charge in [-0.3, -0.25) is 9.36 Å². The van der Waals surface area contributed by atoms with Crippen molar-refractivity contribution in [1.29, 1.82) is 0 Å². The van der Waals surface area contributed by atoms with Crippen LogP contribution in [-0.2, 0) is 4.79 Å². The fourth-order valence-electron chi connectivity index (χ4n) is 2.39. The number of imidazole rings is 1. The number of primary amides is 1. The van der Waals surface area contributed by atoms with E-state index in [1.807, 2.05) is 0 Å². The van der Waals surface area contributed by atoms with Crippen LogP contribution in [0.15, 0.2) is 48.8 Å². The highest BCUT2D eigenvalue weighted by molar-refractivity contribution is 5.75. The van der Waals surface area contributed by atoms with Crippen molar-refractivity contribution >= 4 is 5.91 Å². The summed E-state index contributed by atoms with van der Waals surface area (Å²) in [5, 5.41) is 0. The minimum atomic E-state index is -2.71. The van der Waals surface area contributed by atoms with Crippen LogP contribution in [0.4, 0.5) is 8.78 Å². The van der Waals surface area contributed by atoms with Crippen molar-refractivity contribution in [3.8, 4) is 28.7 Å². The highest BCUT2D eigenvalue weighted by atomic mass is 19.3. The molecule has 0 unspecified atom stereocenters. The van der Waals surface area contributed by atoms with Gasteiger partial charge in [0.05, 0.1) is 7.11 Å². The number of pyridine rings is 1. The van der Waals surface area contributed by atoms with Crippen molar-refractivity contribution in [2.24, 2.45) is 5.73 Å². The Bertz CT molecular complexity index is 925. The number of carbonyl (C=O) groups is 1. The first-order valence-corrected chi connectivity index (χ1v) is 7.87. The zero-order valence-electron chi connectivity index (χ0n) is 14.3.